The minimum Gasteiger partial charge on any atom is -0.376 e. The molecule has 2 aromatic rings. The highest BCUT2D eigenvalue weighted by atomic mass is 32.1. The van der Waals surface area contributed by atoms with Crippen molar-refractivity contribution in [3.63, 3.8) is 0 Å². The number of nitrogens with one attached hydrogen (secondary N) is 1. The molecule has 1 unspecified atom stereocenters. The summed E-state index contributed by atoms with van der Waals surface area (Å²) in [5, 5.41) is 3.25. The van der Waals surface area contributed by atoms with Gasteiger partial charge in [0.15, 0.2) is 5.13 Å². The normalized spacial score (nSPS) is 17.9. The van der Waals surface area contributed by atoms with E-state index in [0.717, 1.165) is 29.8 Å². The van der Waals surface area contributed by atoms with Gasteiger partial charge in [0.2, 0.25) is 0 Å². The molecule has 0 aliphatic heterocycles. The molecule has 0 amide bonds. The van der Waals surface area contributed by atoms with Crippen molar-refractivity contribution >= 4 is 22.2 Å². The fourth-order valence-corrected chi connectivity index (χ4v) is 3.51. The predicted octanol–water partition coefficient (Wildman–Crippen LogP) is 4.19. The molecular weight excluding hydrogens is 282 g/mol. The van der Waals surface area contributed by atoms with Gasteiger partial charge in [0.25, 0.3) is 0 Å². The summed E-state index contributed by atoms with van der Waals surface area (Å²) in [5.41, 5.74) is 0.805. The lowest BCUT2D eigenvalue weighted by Crippen LogP contribution is -2.08. The average Bonchev–Trinajstić information content (AvgIpc) is 2.85. The number of para-hydroxylation sites is 1. The van der Waals surface area contributed by atoms with E-state index in [1.807, 2.05) is 0 Å². The minimum atomic E-state index is -0.624. The molecule has 1 heterocycles. The third-order valence-electron chi connectivity index (χ3n) is 3.38. The Kier molecular flexibility index (Phi) is 3.67. The maximum atomic E-state index is 13.6. The second kappa shape index (κ2) is 5.46. The first kappa shape index (κ1) is 13.5. The number of nitrogens with zero attached hydrogens (tertiary/aromatic N) is 1. The first-order valence-corrected chi connectivity index (χ1v) is 7.24. The van der Waals surface area contributed by atoms with Gasteiger partial charge in [-0.3, -0.25) is 0 Å². The van der Waals surface area contributed by atoms with Crippen LogP contribution in [0, 0.1) is 11.6 Å². The second-order valence-electron chi connectivity index (χ2n) is 4.67. The van der Waals surface area contributed by atoms with Crippen molar-refractivity contribution in [3.8, 4) is 0 Å². The van der Waals surface area contributed by atoms with Gasteiger partial charge in [0.1, 0.15) is 17.3 Å². The van der Waals surface area contributed by atoms with E-state index >= 15 is 0 Å². The highest BCUT2D eigenvalue weighted by molar-refractivity contribution is 7.15. The lowest BCUT2D eigenvalue weighted by atomic mass is 10.0. The van der Waals surface area contributed by atoms with Crippen molar-refractivity contribution < 1.29 is 13.5 Å². The lowest BCUT2D eigenvalue weighted by molar-refractivity contribution is 0.0908. The zero-order valence-electron chi connectivity index (χ0n) is 11.0. The Balaban J connectivity index is 1.91. The summed E-state index contributed by atoms with van der Waals surface area (Å²) in [5.74, 6) is -1.25. The average molecular weight is 296 g/mol. The van der Waals surface area contributed by atoms with Crippen LogP contribution in [0.25, 0.3) is 0 Å². The highest BCUT2D eigenvalue weighted by Crippen LogP contribution is 2.39. The van der Waals surface area contributed by atoms with E-state index in [0.29, 0.717) is 5.13 Å². The molecular formula is C14H14F2N2OS. The Hall–Kier alpha value is -1.53. The minimum absolute atomic E-state index is 0.0391. The third-order valence-corrected chi connectivity index (χ3v) is 4.48. The summed E-state index contributed by atoms with van der Waals surface area (Å²) in [6, 6.07) is 3.78. The number of anilines is 2. The molecule has 0 saturated carbocycles. The van der Waals surface area contributed by atoms with E-state index in [2.05, 4.69) is 10.3 Å². The molecule has 0 saturated heterocycles. The summed E-state index contributed by atoms with van der Waals surface area (Å²) < 4.78 is 32.6. The molecule has 106 valence electrons. The van der Waals surface area contributed by atoms with Crippen molar-refractivity contribution in [2.75, 3.05) is 12.4 Å². The lowest BCUT2D eigenvalue weighted by Gasteiger charge is -2.18. The second-order valence-corrected chi connectivity index (χ2v) is 5.70. The van der Waals surface area contributed by atoms with Crippen LogP contribution in [0.5, 0.6) is 0 Å². The van der Waals surface area contributed by atoms with E-state index < -0.39 is 11.6 Å². The number of aryl methyl sites for hydroxylation is 1. The summed E-state index contributed by atoms with van der Waals surface area (Å²) in [7, 11) is 1.67. The molecule has 1 aromatic heterocycles. The van der Waals surface area contributed by atoms with Crippen LogP contribution in [0.1, 0.15) is 29.5 Å². The van der Waals surface area contributed by atoms with Crippen molar-refractivity contribution in [2.45, 2.75) is 25.4 Å². The van der Waals surface area contributed by atoms with Gasteiger partial charge in [-0.25, -0.2) is 13.8 Å². The number of halogens is 2. The van der Waals surface area contributed by atoms with E-state index in [9.17, 15) is 8.78 Å². The number of aromatic nitrogens is 1. The van der Waals surface area contributed by atoms with Crippen LogP contribution in [0.3, 0.4) is 0 Å². The Bertz CT molecular complexity index is 609. The first-order chi connectivity index (χ1) is 9.69. The maximum absolute atomic E-state index is 13.6. The van der Waals surface area contributed by atoms with Crippen molar-refractivity contribution in [3.05, 3.63) is 40.4 Å². The fraction of sp³-hybridized carbons (Fsp3) is 0.357. The van der Waals surface area contributed by atoms with Gasteiger partial charge < -0.3 is 10.1 Å². The molecule has 6 heteroatoms. The Morgan fingerprint density at radius 3 is 2.80 bits per heavy atom. The number of methoxy groups -OCH3 is 1. The number of thiazole rings is 1. The van der Waals surface area contributed by atoms with E-state index in [4.69, 9.17) is 4.74 Å². The van der Waals surface area contributed by atoms with Crippen LogP contribution in [0.2, 0.25) is 0 Å². The van der Waals surface area contributed by atoms with Crippen LogP contribution in [-0.2, 0) is 11.2 Å². The summed E-state index contributed by atoms with van der Waals surface area (Å²) in [6.45, 7) is 0. The topological polar surface area (TPSA) is 34.1 Å². The largest absolute Gasteiger partial charge is 0.376 e. The molecule has 20 heavy (non-hydrogen) atoms. The molecule has 3 nitrogen and oxygen atoms in total. The van der Waals surface area contributed by atoms with Crippen molar-refractivity contribution in [1.82, 2.24) is 4.98 Å². The van der Waals surface area contributed by atoms with E-state index in [-0.39, 0.29) is 11.8 Å². The molecule has 0 bridgehead atoms. The van der Waals surface area contributed by atoms with Crippen LogP contribution in [0.4, 0.5) is 19.6 Å². The predicted molar refractivity (Wildman–Crippen MR) is 74.4 cm³/mol. The Morgan fingerprint density at radius 2 is 2.10 bits per heavy atom. The first-order valence-electron chi connectivity index (χ1n) is 6.42. The van der Waals surface area contributed by atoms with E-state index in [1.54, 1.807) is 7.11 Å². The van der Waals surface area contributed by atoms with Crippen molar-refractivity contribution in [2.24, 2.45) is 0 Å². The quantitative estimate of drug-likeness (QED) is 0.922. The number of hydrogen-bond donors (Lipinski definition) is 1. The molecule has 0 fully saturated rings. The van der Waals surface area contributed by atoms with Crippen molar-refractivity contribution in [1.29, 1.82) is 0 Å². The van der Waals surface area contributed by atoms with Gasteiger partial charge in [-0.1, -0.05) is 17.4 Å². The van der Waals surface area contributed by atoms with Crippen LogP contribution < -0.4 is 5.32 Å². The molecule has 1 aromatic carbocycles. The SMILES string of the molecule is COC1CCCc2nc(Nc3c(F)cccc3F)sc21. The van der Waals surface area contributed by atoms with Gasteiger partial charge in [-0.2, -0.15) is 0 Å². The highest BCUT2D eigenvalue weighted by Gasteiger charge is 2.25. The van der Waals surface area contributed by atoms with Crippen LogP contribution in [0.15, 0.2) is 18.2 Å². The summed E-state index contributed by atoms with van der Waals surface area (Å²) in [4.78, 5) is 5.47. The summed E-state index contributed by atoms with van der Waals surface area (Å²) >= 11 is 1.40. The van der Waals surface area contributed by atoms with Crippen LogP contribution in [-0.4, -0.2) is 12.1 Å². The van der Waals surface area contributed by atoms with Gasteiger partial charge in [0.05, 0.1) is 16.7 Å². The third kappa shape index (κ3) is 2.41. The molecule has 0 spiro atoms. The molecule has 1 aliphatic rings. The molecule has 1 atom stereocenters. The number of rotatable bonds is 3. The molecule has 1 aliphatic carbocycles. The number of ether oxygens (including phenoxy) is 1. The monoisotopic (exact) mass is 296 g/mol. The molecule has 3 rings (SSSR count). The number of benzene rings is 1. The Labute approximate surface area is 119 Å². The smallest absolute Gasteiger partial charge is 0.187 e. The zero-order chi connectivity index (χ0) is 14.1. The number of fused-ring (bicyclic) bond motifs is 1. The molecule has 0 radical (unpaired) electrons. The number of hydrogen-bond acceptors (Lipinski definition) is 4. The van der Waals surface area contributed by atoms with Gasteiger partial charge in [0, 0.05) is 7.11 Å². The Morgan fingerprint density at radius 1 is 1.35 bits per heavy atom. The van der Waals surface area contributed by atoms with Gasteiger partial charge in [-0.05, 0) is 31.4 Å². The van der Waals surface area contributed by atoms with Crippen LogP contribution >= 0.6 is 11.3 Å². The standard InChI is InChI=1S/C14H14F2N2OS/c1-19-11-7-3-6-10-13(11)20-14(17-10)18-12-8(15)4-2-5-9(12)16/h2,4-5,11H,3,6-7H2,1H3,(H,17,18). The fourth-order valence-electron chi connectivity index (χ4n) is 2.38. The zero-order valence-corrected chi connectivity index (χ0v) is 11.8. The van der Waals surface area contributed by atoms with E-state index in [1.165, 1.54) is 29.5 Å². The summed E-state index contributed by atoms with van der Waals surface area (Å²) in [6.07, 6.45) is 2.90. The maximum Gasteiger partial charge on any atom is 0.187 e. The van der Waals surface area contributed by atoms with Gasteiger partial charge in [-0.15, -0.1) is 0 Å². The van der Waals surface area contributed by atoms with Gasteiger partial charge >= 0.3 is 0 Å². The molecule has 1 N–H and O–H groups in total.